The van der Waals surface area contributed by atoms with Crippen LogP contribution >= 0.6 is 11.3 Å². The van der Waals surface area contributed by atoms with Crippen LogP contribution in [-0.4, -0.2) is 15.7 Å². The zero-order valence-electron chi connectivity index (χ0n) is 17.1. The van der Waals surface area contributed by atoms with Crippen LogP contribution in [0.4, 0.5) is 5.69 Å². The lowest BCUT2D eigenvalue weighted by Gasteiger charge is -2.07. The second kappa shape index (κ2) is 8.78. The quantitative estimate of drug-likeness (QED) is 0.433. The molecule has 0 spiro atoms. The fourth-order valence-electron chi connectivity index (χ4n) is 3.90. The number of benzene rings is 2. The summed E-state index contributed by atoms with van der Waals surface area (Å²) < 4.78 is 7.82. The van der Waals surface area contributed by atoms with E-state index in [-0.39, 0.29) is 5.91 Å². The van der Waals surface area contributed by atoms with Crippen molar-refractivity contribution in [1.82, 2.24) is 9.78 Å². The number of nitrogens with zero attached hydrogens (tertiary/aromatic N) is 2. The number of rotatable bonds is 7. The zero-order valence-corrected chi connectivity index (χ0v) is 17.9. The molecule has 4 aromatic rings. The molecule has 0 unspecified atom stereocenters. The maximum Gasteiger partial charge on any atom is 0.265 e. The lowest BCUT2D eigenvalue weighted by Crippen LogP contribution is -2.10. The molecule has 0 aliphatic heterocycles. The highest BCUT2D eigenvalue weighted by Crippen LogP contribution is 2.27. The fourth-order valence-corrected chi connectivity index (χ4v) is 4.69. The molecule has 1 aliphatic carbocycles. The summed E-state index contributed by atoms with van der Waals surface area (Å²) in [6.45, 7) is 1.13. The molecular formula is C25H23N3O2S. The van der Waals surface area contributed by atoms with E-state index in [0.29, 0.717) is 18.0 Å². The molecule has 1 N–H and O–H groups in total. The smallest absolute Gasteiger partial charge is 0.265 e. The summed E-state index contributed by atoms with van der Waals surface area (Å²) in [4.78, 5) is 13.4. The number of thiophene rings is 1. The third-order valence-electron chi connectivity index (χ3n) is 5.44. The Hall–Kier alpha value is -3.38. The van der Waals surface area contributed by atoms with E-state index in [1.54, 1.807) is 6.20 Å². The molecule has 0 atom stereocenters. The van der Waals surface area contributed by atoms with E-state index in [1.165, 1.54) is 35.3 Å². The van der Waals surface area contributed by atoms with Crippen LogP contribution in [0, 0.1) is 0 Å². The minimum Gasteiger partial charge on any atom is -0.489 e. The van der Waals surface area contributed by atoms with Gasteiger partial charge in [0.1, 0.15) is 12.4 Å². The Labute approximate surface area is 185 Å². The Morgan fingerprint density at radius 3 is 2.90 bits per heavy atom. The largest absolute Gasteiger partial charge is 0.489 e. The van der Waals surface area contributed by atoms with Crippen molar-refractivity contribution in [2.45, 2.75) is 32.4 Å². The molecule has 31 heavy (non-hydrogen) atoms. The number of fused-ring (bicyclic) bond motifs is 1. The number of hydrogen-bond donors (Lipinski definition) is 1. The van der Waals surface area contributed by atoms with Gasteiger partial charge in [-0.1, -0.05) is 18.2 Å². The third-order valence-corrected chi connectivity index (χ3v) is 6.42. The Balaban J connectivity index is 1.19. The summed E-state index contributed by atoms with van der Waals surface area (Å²) in [6, 6.07) is 18.0. The minimum absolute atomic E-state index is 0.106. The van der Waals surface area contributed by atoms with E-state index in [9.17, 15) is 4.79 Å². The van der Waals surface area contributed by atoms with E-state index < -0.39 is 0 Å². The maximum atomic E-state index is 12.7. The Bertz CT molecular complexity index is 1200. The van der Waals surface area contributed by atoms with Crippen LogP contribution < -0.4 is 10.1 Å². The van der Waals surface area contributed by atoms with Crippen LogP contribution in [0.1, 0.15) is 38.3 Å². The van der Waals surface area contributed by atoms with Crippen LogP contribution in [0.25, 0.3) is 0 Å². The van der Waals surface area contributed by atoms with E-state index in [1.807, 2.05) is 58.7 Å². The van der Waals surface area contributed by atoms with Crippen molar-refractivity contribution in [3.8, 4) is 5.75 Å². The third kappa shape index (κ3) is 4.70. The van der Waals surface area contributed by atoms with E-state index in [4.69, 9.17) is 4.74 Å². The van der Waals surface area contributed by atoms with Gasteiger partial charge in [0.15, 0.2) is 0 Å². The first-order valence-corrected chi connectivity index (χ1v) is 11.3. The van der Waals surface area contributed by atoms with Gasteiger partial charge in [-0.05, 0) is 77.7 Å². The lowest BCUT2D eigenvalue weighted by molar-refractivity contribution is 0.103. The van der Waals surface area contributed by atoms with Crippen molar-refractivity contribution in [3.05, 3.63) is 99.5 Å². The number of aryl methyl sites for hydroxylation is 2. The molecule has 0 saturated carbocycles. The number of nitrogens with one attached hydrogen (secondary N) is 1. The average molecular weight is 430 g/mol. The molecule has 0 fully saturated rings. The van der Waals surface area contributed by atoms with Gasteiger partial charge in [-0.25, -0.2) is 0 Å². The van der Waals surface area contributed by atoms with Crippen LogP contribution in [0.15, 0.2) is 72.4 Å². The molecule has 5 rings (SSSR count). The highest BCUT2D eigenvalue weighted by Gasteiger charge is 2.13. The summed E-state index contributed by atoms with van der Waals surface area (Å²) in [5.74, 6) is 0.789. The first kappa shape index (κ1) is 19.6. The Morgan fingerprint density at radius 2 is 2.00 bits per heavy atom. The summed E-state index contributed by atoms with van der Waals surface area (Å²) in [5.41, 5.74) is 5.70. The van der Waals surface area contributed by atoms with Crippen molar-refractivity contribution in [1.29, 1.82) is 0 Å². The molecule has 2 aromatic heterocycles. The minimum atomic E-state index is -0.106. The molecule has 5 nitrogen and oxygen atoms in total. The monoisotopic (exact) mass is 429 g/mol. The highest BCUT2D eigenvalue weighted by molar-refractivity contribution is 7.12. The summed E-state index contributed by atoms with van der Waals surface area (Å²) in [7, 11) is 0. The van der Waals surface area contributed by atoms with Crippen LogP contribution in [0.3, 0.4) is 0 Å². The topological polar surface area (TPSA) is 56.2 Å². The van der Waals surface area contributed by atoms with E-state index >= 15 is 0 Å². The van der Waals surface area contributed by atoms with Crippen LogP contribution in [-0.2, 0) is 26.0 Å². The van der Waals surface area contributed by atoms with Gasteiger partial charge >= 0.3 is 0 Å². The number of anilines is 1. The normalized spacial score (nSPS) is 12.5. The van der Waals surface area contributed by atoms with Gasteiger partial charge in [-0.15, -0.1) is 11.3 Å². The number of ether oxygens (including phenoxy) is 1. The summed E-state index contributed by atoms with van der Waals surface area (Å²) in [5, 5.41) is 9.20. The lowest BCUT2D eigenvalue weighted by atomic mass is 10.1. The molecule has 156 valence electrons. The summed E-state index contributed by atoms with van der Waals surface area (Å²) >= 11 is 1.43. The first-order chi connectivity index (χ1) is 15.2. The number of carbonyl (C=O) groups excluding carboxylic acids is 1. The highest BCUT2D eigenvalue weighted by atomic mass is 32.1. The Kier molecular flexibility index (Phi) is 5.54. The molecule has 2 heterocycles. The number of amides is 1. The van der Waals surface area contributed by atoms with Crippen molar-refractivity contribution < 1.29 is 9.53 Å². The van der Waals surface area contributed by atoms with Crippen molar-refractivity contribution in [2.24, 2.45) is 0 Å². The molecule has 0 saturated heterocycles. The SMILES string of the molecule is O=C(Nc1cccc(Cn2cccn2)c1)c1cc(COc2ccc3c(c2)CCC3)cs1. The molecule has 1 amide bonds. The standard InChI is InChI=1S/C25H23N3O2S/c29-25(27-22-7-1-4-18(12-22)15-28-11-3-10-26-28)24-13-19(17-31-24)16-30-23-9-8-20-5-2-6-21(20)14-23/h1,3-4,7-14,17H,2,5-6,15-16H2,(H,27,29). The molecule has 6 heteroatoms. The average Bonchev–Trinajstić information content (AvgIpc) is 3.54. The molecule has 0 bridgehead atoms. The summed E-state index contributed by atoms with van der Waals surface area (Å²) in [6.07, 6.45) is 7.22. The maximum absolute atomic E-state index is 12.7. The van der Waals surface area contributed by atoms with E-state index in [0.717, 1.165) is 29.0 Å². The van der Waals surface area contributed by atoms with Crippen LogP contribution in [0.2, 0.25) is 0 Å². The molecule has 2 aromatic carbocycles. The number of aromatic nitrogens is 2. The Morgan fingerprint density at radius 1 is 1.06 bits per heavy atom. The zero-order chi connectivity index (χ0) is 21.0. The first-order valence-electron chi connectivity index (χ1n) is 10.4. The van der Waals surface area contributed by atoms with Gasteiger partial charge in [0, 0.05) is 23.6 Å². The van der Waals surface area contributed by atoms with Gasteiger partial charge in [0.2, 0.25) is 0 Å². The van der Waals surface area contributed by atoms with Crippen LogP contribution in [0.5, 0.6) is 5.75 Å². The fraction of sp³-hybridized carbons (Fsp3) is 0.200. The second-order valence-electron chi connectivity index (χ2n) is 7.75. The van der Waals surface area contributed by atoms with Crippen molar-refractivity contribution >= 4 is 22.9 Å². The molecule has 1 aliphatic rings. The number of hydrogen-bond acceptors (Lipinski definition) is 4. The second-order valence-corrected chi connectivity index (χ2v) is 8.66. The van der Waals surface area contributed by atoms with Gasteiger partial charge in [0.25, 0.3) is 5.91 Å². The van der Waals surface area contributed by atoms with Gasteiger partial charge in [-0.2, -0.15) is 5.10 Å². The van der Waals surface area contributed by atoms with Gasteiger partial charge < -0.3 is 10.1 Å². The van der Waals surface area contributed by atoms with Crippen molar-refractivity contribution in [3.63, 3.8) is 0 Å². The molecule has 0 radical (unpaired) electrons. The van der Waals surface area contributed by atoms with Gasteiger partial charge in [-0.3, -0.25) is 9.48 Å². The number of carbonyl (C=O) groups is 1. The molecular weight excluding hydrogens is 406 g/mol. The van der Waals surface area contributed by atoms with Gasteiger partial charge in [0.05, 0.1) is 11.4 Å². The predicted octanol–water partition coefficient (Wildman–Crippen LogP) is 5.31. The predicted molar refractivity (Wildman–Crippen MR) is 123 cm³/mol. The van der Waals surface area contributed by atoms with Crippen molar-refractivity contribution in [2.75, 3.05) is 5.32 Å². The van der Waals surface area contributed by atoms with E-state index in [2.05, 4.69) is 22.5 Å².